The summed E-state index contributed by atoms with van der Waals surface area (Å²) >= 11 is 0. The molecule has 2 rings (SSSR count). The van der Waals surface area contributed by atoms with Crippen LogP contribution < -0.4 is 0 Å². The molecule has 0 aliphatic carbocycles. The molecule has 0 aliphatic rings. The number of halogens is 8. The van der Waals surface area contributed by atoms with Crippen LogP contribution in [0.15, 0.2) is 24.3 Å². The summed E-state index contributed by atoms with van der Waals surface area (Å²) in [6.07, 6.45) is 9.30. The van der Waals surface area contributed by atoms with Crippen molar-refractivity contribution in [1.82, 2.24) is 0 Å². The number of benzene rings is 2. The molecule has 0 unspecified atom stereocenters. The van der Waals surface area contributed by atoms with Crippen molar-refractivity contribution >= 4 is 47.1 Å². The lowest BCUT2D eigenvalue weighted by molar-refractivity contribution is 0.366. The van der Waals surface area contributed by atoms with E-state index in [4.69, 9.17) is 0 Å². The number of fused-ring (bicyclic) bond motifs is 1. The quantitative estimate of drug-likeness (QED) is 0.256. The molecule has 0 heterocycles. The van der Waals surface area contributed by atoms with Crippen LogP contribution in [0, 0.1) is 13.8 Å². The Morgan fingerprint density at radius 1 is 0.600 bits per heavy atom. The van der Waals surface area contributed by atoms with E-state index in [0.717, 1.165) is 0 Å². The molecule has 0 radical (unpaired) electrons. The number of hydrogen-bond acceptors (Lipinski definition) is 0. The third kappa shape index (κ3) is 13.3. The van der Waals surface area contributed by atoms with E-state index in [-0.39, 0.29) is 0 Å². The molecule has 2 aromatic rings. The molecule has 172 valence electrons. The third-order valence-corrected chi connectivity index (χ3v) is 5.60. The first-order valence-corrected chi connectivity index (χ1v) is 13.2. The highest BCUT2D eigenvalue weighted by molar-refractivity contribution is 7.95. The molecular formula is C18H26B2F8S2. The van der Waals surface area contributed by atoms with Gasteiger partial charge < -0.3 is 34.5 Å². The SMILES string of the molecule is Cc1c(C[S+](C)C)ccc2ccc(C[S+](C)C)c(C)c12.F[B-](F)(F)F.F[B-](F)(F)F. The summed E-state index contributed by atoms with van der Waals surface area (Å²) in [5.74, 6) is 2.41. The van der Waals surface area contributed by atoms with Crippen LogP contribution in [0.5, 0.6) is 0 Å². The topological polar surface area (TPSA) is 0 Å². The van der Waals surface area contributed by atoms with Gasteiger partial charge in [-0.1, -0.05) is 24.3 Å². The lowest BCUT2D eigenvalue weighted by atomic mass is 9.94. The standard InChI is InChI=1S/C18H26S2.2BF4/c1-13-16(11-19(3)4)9-7-15-8-10-17(12-20(5)6)14(2)18(13)15;2*2-1(3,4)5/h7-10H,11-12H2,1-6H3;;/q+2;2*-1. The van der Waals surface area contributed by atoms with E-state index in [2.05, 4.69) is 63.1 Å². The summed E-state index contributed by atoms with van der Waals surface area (Å²) < 4.78 is 78.0. The zero-order valence-corrected chi connectivity index (χ0v) is 19.4. The van der Waals surface area contributed by atoms with Gasteiger partial charge in [0, 0.05) is 11.1 Å². The van der Waals surface area contributed by atoms with Gasteiger partial charge in [0.15, 0.2) is 0 Å². The second-order valence-electron chi connectivity index (χ2n) is 7.05. The van der Waals surface area contributed by atoms with Crippen LogP contribution in [0.3, 0.4) is 0 Å². The van der Waals surface area contributed by atoms with Crippen LogP contribution in [0.2, 0.25) is 0 Å². The minimum atomic E-state index is -6.00. The molecule has 12 heteroatoms. The predicted octanol–water partition coefficient (Wildman–Crippen LogP) is 6.81. The number of hydrogen-bond donors (Lipinski definition) is 0. The van der Waals surface area contributed by atoms with E-state index in [9.17, 15) is 34.5 Å². The Labute approximate surface area is 178 Å². The maximum absolute atomic E-state index is 9.75. The highest BCUT2D eigenvalue weighted by Gasteiger charge is 2.21. The molecular weight excluding hydrogens is 454 g/mol. The Hall–Kier alpha value is -1.03. The van der Waals surface area contributed by atoms with Crippen molar-refractivity contribution in [3.05, 3.63) is 46.5 Å². The van der Waals surface area contributed by atoms with Crippen molar-refractivity contribution in [3.63, 3.8) is 0 Å². The summed E-state index contributed by atoms with van der Waals surface area (Å²) in [6.45, 7) is 4.61. The average Bonchev–Trinajstić information content (AvgIpc) is 2.48. The van der Waals surface area contributed by atoms with Crippen LogP contribution in [0.4, 0.5) is 34.5 Å². The zero-order chi connectivity index (χ0) is 23.9. The second-order valence-corrected chi connectivity index (χ2v) is 11.6. The van der Waals surface area contributed by atoms with Crippen molar-refractivity contribution in [1.29, 1.82) is 0 Å². The molecule has 0 saturated carbocycles. The largest absolute Gasteiger partial charge is 0.673 e. The van der Waals surface area contributed by atoms with Gasteiger partial charge in [0.05, 0.1) is 25.0 Å². The smallest absolute Gasteiger partial charge is 0.418 e. The maximum atomic E-state index is 9.75. The number of rotatable bonds is 4. The van der Waals surface area contributed by atoms with Crippen molar-refractivity contribution in [3.8, 4) is 0 Å². The van der Waals surface area contributed by atoms with E-state index in [1.165, 1.54) is 44.5 Å². The summed E-state index contributed by atoms with van der Waals surface area (Å²) in [4.78, 5) is 0. The van der Waals surface area contributed by atoms with E-state index >= 15 is 0 Å². The number of aryl methyl sites for hydroxylation is 2. The van der Waals surface area contributed by atoms with Crippen molar-refractivity contribution in [2.24, 2.45) is 0 Å². The Morgan fingerprint density at radius 2 is 0.867 bits per heavy atom. The first kappa shape index (κ1) is 29.0. The van der Waals surface area contributed by atoms with E-state index in [1.54, 1.807) is 0 Å². The Balaban J connectivity index is 0.000000702. The fourth-order valence-corrected chi connectivity index (χ4v) is 4.69. The van der Waals surface area contributed by atoms with Gasteiger partial charge in [0.25, 0.3) is 0 Å². The Morgan fingerprint density at radius 3 is 1.10 bits per heavy atom. The predicted molar refractivity (Wildman–Crippen MR) is 120 cm³/mol. The molecule has 30 heavy (non-hydrogen) atoms. The summed E-state index contributed by atoms with van der Waals surface area (Å²) in [5, 5.41) is 2.89. The van der Waals surface area contributed by atoms with Gasteiger partial charge in [-0.15, -0.1) is 0 Å². The molecule has 0 bridgehead atoms. The van der Waals surface area contributed by atoms with E-state index < -0.39 is 14.5 Å². The highest BCUT2D eigenvalue weighted by Crippen LogP contribution is 2.29. The van der Waals surface area contributed by atoms with Crippen LogP contribution >= 0.6 is 0 Å². The molecule has 0 atom stereocenters. The van der Waals surface area contributed by atoms with Gasteiger partial charge in [-0.2, -0.15) is 0 Å². The van der Waals surface area contributed by atoms with Crippen LogP contribution in [0.25, 0.3) is 10.8 Å². The minimum absolute atomic E-state index is 0.461. The molecule has 0 amide bonds. The van der Waals surface area contributed by atoms with Gasteiger partial charge in [0.2, 0.25) is 0 Å². The van der Waals surface area contributed by atoms with Gasteiger partial charge in [-0.3, -0.25) is 0 Å². The monoisotopic (exact) mass is 480 g/mol. The second kappa shape index (κ2) is 12.1. The van der Waals surface area contributed by atoms with Crippen molar-refractivity contribution in [2.75, 3.05) is 25.0 Å². The molecule has 0 saturated heterocycles. The first-order chi connectivity index (χ1) is 13.4. The third-order valence-electron chi connectivity index (χ3n) is 3.82. The van der Waals surface area contributed by atoms with Crippen molar-refractivity contribution in [2.45, 2.75) is 25.4 Å². The Kier molecular flexibility index (Phi) is 11.7. The molecule has 0 fully saturated rings. The lowest BCUT2D eigenvalue weighted by Crippen LogP contribution is -2.04. The minimum Gasteiger partial charge on any atom is -0.418 e. The fraction of sp³-hybridized carbons (Fsp3) is 0.444. The van der Waals surface area contributed by atoms with Gasteiger partial charge >= 0.3 is 14.5 Å². The van der Waals surface area contributed by atoms with Gasteiger partial charge in [0.1, 0.15) is 11.5 Å². The van der Waals surface area contributed by atoms with Crippen LogP contribution in [-0.4, -0.2) is 39.5 Å². The normalized spacial score (nSPS) is 11.9. The van der Waals surface area contributed by atoms with Crippen LogP contribution in [-0.2, 0) is 33.3 Å². The Bertz CT molecular complexity index is 731. The summed E-state index contributed by atoms with van der Waals surface area (Å²) in [6, 6.07) is 9.26. The van der Waals surface area contributed by atoms with Gasteiger partial charge in [-0.25, -0.2) is 0 Å². The molecule has 0 nitrogen and oxygen atoms in total. The van der Waals surface area contributed by atoms with Crippen LogP contribution in [0.1, 0.15) is 22.3 Å². The molecule has 2 aromatic carbocycles. The van der Waals surface area contributed by atoms with E-state index in [1.807, 2.05) is 0 Å². The maximum Gasteiger partial charge on any atom is 0.673 e. The average molecular weight is 480 g/mol. The molecule has 0 aromatic heterocycles. The van der Waals surface area contributed by atoms with E-state index in [0.29, 0.717) is 21.8 Å². The first-order valence-electron chi connectivity index (χ1n) is 8.73. The van der Waals surface area contributed by atoms with Gasteiger partial charge in [-0.05, 0) is 57.5 Å². The highest BCUT2D eigenvalue weighted by atomic mass is 32.2. The summed E-state index contributed by atoms with van der Waals surface area (Å²) in [5.41, 5.74) is 6.04. The molecule has 0 spiro atoms. The molecule has 0 N–H and O–H groups in total. The van der Waals surface area contributed by atoms with Crippen molar-refractivity contribution < 1.29 is 34.5 Å². The molecule has 0 aliphatic heterocycles. The lowest BCUT2D eigenvalue weighted by Gasteiger charge is -2.13. The fourth-order valence-electron chi connectivity index (χ4n) is 2.82. The zero-order valence-electron chi connectivity index (χ0n) is 17.7. The summed E-state index contributed by atoms with van der Waals surface area (Å²) in [7, 11) is -11.1.